The Kier molecular flexibility index (Phi) is 6.89. The minimum absolute atomic E-state index is 0.186. The first-order valence-electron chi connectivity index (χ1n) is 11.6. The SMILES string of the molecule is CCOC(=O)c1ccc(N2C(=O)C[C@H](N3CCC(CCN4CCCC4=O)CC3)C2=O)cc1. The van der Waals surface area contributed by atoms with Crippen LogP contribution in [0.25, 0.3) is 0 Å². The van der Waals surface area contributed by atoms with E-state index in [0.29, 0.717) is 30.2 Å². The van der Waals surface area contributed by atoms with Crippen molar-refractivity contribution in [3.8, 4) is 0 Å². The minimum atomic E-state index is -0.423. The molecule has 8 nitrogen and oxygen atoms in total. The molecule has 8 heteroatoms. The van der Waals surface area contributed by atoms with Crippen LogP contribution in [0.3, 0.4) is 0 Å². The van der Waals surface area contributed by atoms with Crippen molar-refractivity contribution < 1.29 is 23.9 Å². The van der Waals surface area contributed by atoms with Crippen LogP contribution in [0.4, 0.5) is 5.69 Å². The van der Waals surface area contributed by atoms with Crippen molar-refractivity contribution in [3.05, 3.63) is 29.8 Å². The molecule has 0 spiro atoms. The van der Waals surface area contributed by atoms with Crippen LogP contribution in [0.2, 0.25) is 0 Å². The van der Waals surface area contributed by atoms with E-state index in [1.165, 1.54) is 4.90 Å². The molecule has 1 aromatic carbocycles. The Bertz CT molecular complexity index is 876. The summed E-state index contributed by atoms with van der Waals surface area (Å²) in [4.78, 5) is 54.7. The molecule has 172 valence electrons. The van der Waals surface area contributed by atoms with Crippen LogP contribution in [-0.2, 0) is 19.1 Å². The van der Waals surface area contributed by atoms with Crippen molar-refractivity contribution in [1.29, 1.82) is 0 Å². The number of carbonyl (C=O) groups is 4. The molecule has 0 aromatic heterocycles. The first kappa shape index (κ1) is 22.5. The maximum atomic E-state index is 13.1. The van der Waals surface area contributed by atoms with Crippen LogP contribution >= 0.6 is 0 Å². The van der Waals surface area contributed by atoms with Gasteiger partial charge in [-0.05, 0) is 75.9 Å². The van der Waals surface area contributed by atoms with Gasteiger partial charge in [0.1, 0.15) is 0 Å². The number of ether oxygens (including phenoxy) is 1. The molecular weight excluding hydrogens is 410 g/mol. The van der Waals surface area contributed by atoms with Gasteiger partial charge >= 0.3 is 5.97 Å². The van der Waals surface area contributed by atoms with Gasteiger partial charge in [0.2, 0.25) is 11.8 Å². The number of piperidine rings is 1. The number of carbonyl (C=O) groups excluding carboxylic acids is 4. The second-order valence-electron chi connectivity index (χ2n) is 8.81. The number of imide groups is 1. The molecule has 32 heavy (non-hydrogen) atoms. The smallest absolute Gasteiger partial charge is 0.338 e. The second kappa shape index (κ2) is 9.81. The molecule has 0 radical (unpaired) electrons. The normalized spacial score (nSPS) is 22.8. The maximum absolute atomic E-state index is 13.1. The van der Waals surface area contributed by atoms with E-state index in [-0.39, 0.29) is 24.1 Å². The summed E-state index contributed by atoms with van der Waals surface area (Å²) in [6, 6.07) is 5.98. The average Bonchev–Trinajstić information content (AvgIpc) is 3.34. The second-order valence-corrected chi connectivity index (χ2v) is 8.81. The molecule has 3 aliphatic heterocycles. The number of hydrogen-bond acceptors (Lipinski definition) is 6. The standard InChI is InChI=1S/C24H31N3O5/c1-2-32-24(31)18-5-7-19(8-6-18)27-22(29)16-20(23(27)30)25-13-9-17(10-14-25)11-15-26-12-3-4-21(26)28/h5-8,17,20H,2-4,9-16H2,1H3/t20-/m0/s1. The van der Waals surface area contributed by atoms with E-state index in [1.807, 2.05) is 4.90 Å². The lowest BCUT2D eigenvalue weighted by Crippen LogP contribution is -2.46. The lowest BCUT2D eigenvalue weighted by molar-refractivity contribution is -0.128. The van der Waals surface area contributed by atoms with Gasteiger partial charge in [-0.1, -0.05) is 0 Å². The van der Waals surface area contributed by atoms with Gasteiger partial charge in [0, 0.05) is 19.5 Å². The van der Waals surface area contributed by atoms with Crippen molar-refractivity contribution >= 4 is 29.4 Å². The maximum Gasteiger partial charge on any atom is 0.338 e. The predicted octanol–water partition coefficient (Wildman–Crippen LogP) is 2.22. The predicted molar refractivity (Wildman–Crippen MR) is 118 cm³/mol. The summed E-state index contributed by atoms with van der Waals surface area (Å²) < 4.78 is 4.98. The van der Waals surface area contributed by atoms with Crippen LogP contribution in [0.1, 0.15) is 55.8 Å². The first-order chi connectivity index (χ1) is 15.5. The summed E-state index contributed by atoms with van der Waals surface area (Å²) in [5, 5.41) is 0. The molecule has 1 atom stereocenters. The van der Waals surface area contributed by atoms with E-state index in [0.717, 1.165) is 51.9 Å². The molecule has 3 heterocycles. The number of amides is 3. The molecule has 4 rings (SSSR count). The Morgan fingerprint density at radius 2 is 1.75 bits per heavy atom. The Morgan fingerprint density at radius 3 is 2.38 bits per heavy atom. The molecule has 0 aliphatic carbocycles. The molecule has 0 saturated carbocycles. The molecule has 0 unspecified atom stereocenters. The van der Waals surface area contributed by atoms with Crippen LogP contribution in [0.15, 0.2) is 24.3 Å². The Hall–Kier alpha value is -2.74. The molecule has 1 aromatic rings. The summed E-state index contributed by atoms with van der Waals surface area (Å²) in [6.45, 7) is 5.33. The third-order valence-corrected chi connectivity index (χ3v) is 6.83. The Morgan fingerprint density at radius 1 is 1.03 bits per heavy atom. The van der Waals surface area contributed by atoms with E-state index < -0.39 is 12.0 Å². The zero-order valence-electron chi connectivity index (χ0n) is 18.6. The quantitative estimate of drug-likeness (QED) is 0.476. The van der Waals surface area contributed by atoms with Crippen molar-refractivity contribution in [2.45, 2.75) is 51.5 Å². The number of likely N-dealkylation sites (tertiary alicyclic amines) is 2. The average molecular weight is 442 g/mol. The van der Waals surface area contributed by atoms with Crippen molar-refractivity contribution in [1.82, 2.24) is 9.80 Å². The molecular formula is C24H31N3O5. The summed E-state index contributed by atoms with van der Waals surface area (Å²) in [5.41, 5.74) is 0.879. The summed E-state index contributed by atoms with van der Waals surface area (Å²) in [5.74, 6) is -0.00205. The van der Waals surface area contributed by atoms with E-state index in [1.54, 1.807) is 31.2 Å². The number of esters is 1. The molecule has 3 fully saturated rings. The summed E-state index contributed by atoms with van der Waals surface area (Å²) >= 11 is 0. The highest BCUT2D eigenvalue weighted by molar-refractivity contribution is 6.22. The highest BCUT2D eigenvalue weighted by Crippen LogP contribution is 2.30. The van der Waals surface area contributed by atoms with Gasteiger partial charge in [-0.25, -0.2) is 9.69 Å². The topological polar surface area (TPSA) is 87.2 Å². The zero-order chi connectivity index (χ0) is 22.7. The van der Waals surface area contributed by atoms with Gasteiger partial charge in [0.15, 0.2) is 0 Å². The fourth-order valence-corrected chi connectivity index (χ4v) is 4.97. The van der Waals surface area contributed by atoms with E-state index in [9.17, 15) is 19.2 Å². The third kappa shape index (κ3) is 4.70. The summed E-state index contributed by atoms with van der Waals surface area (Å²) in [7, 11) is 0. The highest BCUT2D eigenvalue weighted by Gasteiger charge is 2.43. The number of nitrogens with zero attached hydrogens (tertiary/aromatic N) is 3. The van der Waals surface area contributed by atoms with Gasteiger partial charge in [0.25, 0.3) is 5.91 Å². The van der Waals surface area contributed by atoms with Gasteiger partial charge in [-0.2, -0.15) is 0 Å². The van der Waals surface area contributed by atoms with E-state index in [2.05, 4.69) is 4.90 Å². The third-order valence-electron chi connectivity index (χ3n) is 6.83. The van der Waals surface area contributed by atoms with Crippen LogP contribution in [-0.4, -0.2) is 72.3 Å². The largest absolute Gasteiger partial charge is 0.462 e. The summed E-state index contributed by atoms with van der Waals surface area (Å²) in [6.07, 6.45) is 4.80. The molecule has 0 N–H and O–H groups in total. The minimum Gasteiger partial charge on any atom is -0.462 e. The van der Waals surface area contributed by atoms with Gasteiger partial charge in [-0.15, -0.1) is 0 Å². The lowest BCUT2D eigenvalue weighted by atomic mass is 9.92. The molecule has 3 aliphatic rings. The van der Waals surface area contributed by atoms with E-state index >= 15 is 0 Å². The van der Waals surface area contributed by atoms with Crippen LogP contribution in [0, 0.1) is 5.92 Å². The first-order valence-corrected chi connectivity index (χ1v) is 11.6. The van der Waals surface area contributed by atoms with Crippen molar-refractivity contribution in [2.75, 3.05) is 37.7 Å². The zero-order valence-corrected chi connectivity index (χ0v) is 18.6. The van der Waals surface area contributed by atoms with Crippen LogP contribution < -0.4 is 4.90 Å². The van der Waals surface area contributed by atoms with Gasteiger partial charge < -0.3 is 9.64 Å². The monoisotopic (exact) mass is 441 g/mol. The van der Waals surface area contributed by atoms with Crippen molar-refractivity contribution in [2.24, 2.45) is 5.92 Å². The highest BCUT2D eigenvalue weighted by atomic mass is 16.5. The van der Waals surface area contributed by atoms with Gasteiger partial charge in [0.05, 0.1) is 30.3 Å². The lowest BCUT2D eigenvalue weighted by Gasteiger charge is -2.35. The van der Waals surface area contributed by atoms with Crippen LogP contribution in [0.5, 0.6) is 0 Å². The Balaban J connectivity index is 1.31. The number of benzene rings is 1. The fraction of sp³-hybridized carbons (Fsp3) is 0.583. The number of anilines is 1. The number of hydrogen-bond donors (Lipinski definition) is 0. The van der Waals surface area contributed by atoms with E-state index in [4.69, 9.17) is 4.74 Å². The molecule has 3 amide bonds. The Labute approximate surface area is 188 Å². The fourth-order valence-electron chi connectivity index (χ4n) is 4.97. The van der Waals surface area contributed by atoms with Crippen molar-refractivity contribution in [3.63, 3.8) is 0 Å². The molecule has 3 saturated heterocycles. The number of rotatable bonds is 7. The van der Waals surface area contributed by atoms with Gasteiger partial charge in [-0.3, -0.25) is 19.3 Å². The molecule has 0 bridgehead atoms.